The number of phosphoric ester groups is 1. The van der Waals surface area contributed by atoms with Gasteiger partial charge in [0.1, 0.15) is 12.2 Å². The van der Waals surface area contributed by atoms with Gasteiger partial charge in [-0.05, 0) is 12.8 Å². The van der Waals surface area contributed by atoms with Crippen LogP contribution in [-0.2, 0) is 32.7 Å². The second kappa shape index (κ2) is 25.0. The van der Waals surface area contributed by atoms with E-state index in [0.717, 1.165) is 38.5 Å². The summed E-state index contributed by atoms with van der Waals surface area (Å²) >= 11 is 0. The van der Waals surface area contributed by atoms with E-state index in [1.807, 2.05) is 0 Å². The van der Waals surface area contributed by atoms with Gasteiger partial charge in [-0.3, -0.25) is 18.6 Å². The molecule has 0 radical (unpaired) electrons. The third-order valence-electron chi connectivity index (χ3n) is 6.07. The topological polar surface area (TPSA) is 149 Å². The van der Waals surface area contributed by atoms with Gasteiger partial charge in [-0.15, -0.1) is 0 Å². The molecule has 0 amide bonds. The lowest BCUT2D eigenvalue weighted by Gasteiger charge is -2.20. The van der Waals surface area contributed by atoms with Crippen molar-refractivity contribution in [3.05, 3.63) is 0 Å². The molecule has 0 aliphatic rings. The number of carbonyl (C=O) groups is 2. The molecule has 0 aromatic rings. The monoisotopic (exact) mass is 568 g/mol. The van der Waals surface area contributed by atoms with Gasteiger partial charge in [0.25, 0.3) is 0 Å². The molecule has 10 nitrogen and oxygen atoms in total. The first-order valence-corrected chi connectivity index (χ1v) is 16.0. The number of rotatable bonds is 27. The van der Waals surface area contributed by atoms with Crippen LogP contribution >= 0.6 is 7.82 Å². The van der Waals surface area contributed by atoms with Crippen LogP contribution in [0.1, 0.15) is 123 Å². The number of esters is 2. The quantitative estimate of drug-likeness (QED) is 0.0649. The van der Waals surface area contributed by atoms with E-state index in [-0.39, 0.29) is 12.8 Å². The molecule has 3 N–H and O–H groups in total. The SMILES string of the molecule is CCCCCCCCCCCCCC(=O)OC(CO)COP(=O)(O)OCC(CO)OC(=O)CCCCCC. The van der Waals surface area contributed by atoms with Crippen LogP contribution in [0.4, 0.5) is 0 Å². The minimum atomic E-state index is -4.60. The molecule has 3 atom stereocenters. The first kappa shape index (κ1) is 37.0. The number of carbonyl (C=O) groups excluding carboxylic acids is 2. The van der Waals surface area contributed by atoms with E-state index in [2.05, 4.69) is 13.8 Å². The lowest BCUT2D eigenvalue weighted by atomic mass is 10.1. The van der Waals surface area contributed by atoms with Crippen molar-refractivity contribution in [3.63, 3.8) is 0 Å². The Kier molecular flexibility index (Phi) is 24.3. The van der Waals surface area contributed by atoms with Crippen molar-refractivity contribution in [2.24, 2.45) is 0 Å². The van der Waals surface area contributed by atoms with Crippen molar-refractivity contribution in [1.29, 1.82) is 0 Å². The van der Waals surface area contributed by atoms with E-state index >= 15 is 0 Å². The summed E-state index contributed by atoms with van der Waals surface area (Å²) in [7, 11) is -4.60. The fourth-order valence-electron chi connectivity index (χ4n) is 3.76. The third-order valence-corrected chi connectivity index (χ3v) is 7.02. The molecule has 38 heavy (non-hydrogen) atoms. The number of ether oxygens (including phenoxy) is 2. The maximum Gasteiger partial charge on any atom is 0.472 e. The number of unbranched alkanes of at least 4 members (excludes halogenated alkanes) is 13. The highest BCUT2D eigenvalue weighted by molar-refractivity contribution is 7.47. The lowest BCUT2D eigenvalue weighted by Crippen LogP contribution is -2.28. The summed E-state index contributed by atoms with van der Waals surface area (Å²) < 4.78 is 31.9. The number of hydrogen-bond acceptors (Lipinski definition) is 9. The zero-order valence-electron chi connectivity index (χ0n) is 23.7. The molecular weight excluding hydrogens is 515 g/mol. The van der Waals surface area contributed by atoms with Crippen LogP contribution < -0.4 is 0 Å². The average Bonchev–Trinajstić information content (AvgIpc) is 2.90. The van der Waals surface area contributed by atoms with Gasteiger partial charge in [0.15, 0.2) is 0 Å². The van der Waals surface area contributed by atoms with E-state index in [1.54, 1.807) is 0 Å². The largest absolute Gasteiger partial charge is 0.472 e. The fourth-order valence-corrected chi connectivity index (χ4v) is 4.54. The van der Waals surface area contributed by atoms with Gasteiger partial charge in [0.05, 0.1) is 26.4 Å². The fraction of sp³-hybridized carbons (Fsp3) is 0.926. The molecule has 0 aliphatic carbocycles. The van der Waals surface area contributed by atoms with Crippen LogP contribution in [0, 0.1) is 0 Å². The van der Waals surface area contributed by atoms with Gasteiger partial charge < -0.3 is 24.6 Å². The maximum atomic E-state index is 12.1. The third kappa shape index (κ3) is 22.9. The van der Waals surface area contributed by atoms with Gasteiger partial charge in [-0.2, -0.15) is 0 Å². The standard InChI is InChI=1S/C27H53O10P/c1-3-5-7-9-10-11-12-13-14-15-17-19-27(31)37-25(21-29)23-35-38(32,33)34-22-24(20-28)36-26(30)18-16-8-6-4-2/h24-25,28-29H,3-23H2,1-2H3,(H,32,33). The van der Waals surface area contributed by atoms with Crippen LogP contribution in [0.5, 0.6) is 0 Å². The Morgan fingerprint density at radius 2 is 0.921 bits per heavy atom. The van der Waals surface area contributed by atoms with Crippen LogP contribution in [0.15, 0.2) is 0 Å². The van der Waals surface area contributed by atoms with Crippen LogP contribution in [0.25, 0.3) is 0 Å². The highest BCUT2D eigenvalue weighted by Gasteiger charge is 2.27. The summed E-state index contributed by atoms with van der Waals surface area (Å²) in [5, 5.41) is 18.8. The first-order chi connectivity index (χ1) is 18.3. The Labute approximate surface area is 229 Å². The van der Waals surface area contributed by atoms with Crippen molar-refractivity contribution >= 4 is 19.8 Å². The van der Waals surface area contributed by atoms with Gasteiger partial charge in [-0.25, -0.2) is 4.57 Å². The predicted molar refractivity (Wildman–Crippen MR) is 145 cm³/mol. The first-order valence-electron chi connectivity index (χ1n) is 14.5. The summed E-state index contributed by atoms with van der Waals surface area (Å²) in [6.07, 6.45) is 14.5. The second-order valence-electron chi connectivity index (χ2n) is 9.75. The molecule has 0 aromatic carbocycles. The summed E-state index contributed by atoms with van der Waals surface area (Å²) in [6, 6.07) is 0. The Morgan fingerprint density at radius 1 is 0.605 bits per heavy atom. The minimum absolute atomic E-state index is 0.187. The summed E-state index contributed by atoms with van der Waals surface area (Å²) in [4.78, 5) is 33.7. The number of aliphatic hydroxyl groups is 2. The Bertz CT molecular complexity index is 631. The van der Waals surface area contributed by atoms with E-state index in [9.17, 15) is 29.3 Å². The molecular formula is C27H53O10P. The molecule has 0 fully saturated rings. The maximum absolute atomic E-state index is 12.1. The Morgan fingerprint density at radius 3 is 1.26 bits per heavy atom. The smallest absolute Gasteiger partial charge is 0.457 e. The molecule has 226 valence electrons. The molecule has 0 saturated heterocycles. The molecule has 0 rings (SSSR count). The van der Waals surface area contributed by atoms with Crippen molar-refractivity contribution in [2.75, 3.05) is 26.4 Å². The average molecular weight is 569 g/mol. The number of aliphatic hydroxyl groups excluding tert-OH is 2. The zero-order valence-corrected chi connectivity index (χ0v) is 24.5. The molecule has 0 aliphatic heterocycles. The summed E-state index contributed by atoms with van der Waals surface area (Å²) in [5.41, 5.74) is 0. The van der Waals surface area contributed by atoms with E-state index in [0.29, 0.717) is 12.8 Å². The molecule has 0 spiro atoms. The normalized spacial score (nSPS) is 14.6. The number of hydrogen-bond donors (Lipinski definition) is 3. The summed E-state index contributed by atoms with van der Waals surface area (Å²) in [5.74, 6) is -1.04. The number of phosphoric acid groups is 1. The van der Waals surface area contributed by atoms with Crippen LogP contribution in [-0.4, -0.2) is 65.7 Å². The Balaban J connectivity index is 4.06. The zero-order chi connectivity index (χ0) is 28.5. The lowest BCUT2D eigenvalue weighted by molar-refractivity contribution is -0.153. The van der Waals surface area contributed by atoms with Crippen molar-refractivity contribution < 1.29 is 47.8 Å². The van der Waals surface area contributed by atoms with Gasteiger partial charge in [0, 0.05) is 12.8 Å². The minimum Gasteiger partial charge on any atom is -0.457 e. The van der Waals surface area contributed by atoms with Crippen molar-refractivity contribution in [1.82, 2.24) is 0 Å². The predicted octanol–water partition coefficient (Wildman–Crippen LogP) is 5.60. The van der Waals surface area contributed by atoms with Gasteiger partial charge in [0.2, 0.25) is 0 Å². The van der Waals surface area contributed by atoms with E-state index < -0.39 is 58.4 Å². The van der Waals surface area contributed by atoms with E-state index in [1.165, 1.54) is 44.9 Å². The summed E-state index contributed by atoms with van der Waals surface area (Å²) in [6.45, 7) is 2.00. The Hall–Kier alpha value is -1.03. The van der Waals surface area contributed by atoms with Crippen LogP contribution in [0.2, 0.25) is 0 Å². The molecule has 11 heteroatoms. The molecule has 0 saturated carbocycles. The molecule has 3 unspecified atom stereocenters. The van der Waals surface area contributed by atoms with Gasteiger partial charge >= 0.3 is 19.8 Å². The van der Waals surface area contributed by atoms with E-state index in [4.69, 9.17) is 18.5 Å². The highest BCUT2D eigenvalue weighted by Crippen LogP contribution is 2.43. The highest BCUT2D eigenvalue weighted by atomic mass is 31.2. The van der Waals surface area contributed by atoms with Crippen LogP contribution in [0.3, 0.4) is 0 Å². The molecule has 0 aromatic heterocycles. The second-order valence-corrected chi connectivity index (χ2v) is 11.2. The molecule has 0 bridgehead atoms. The van der Waals surface area contributed by atoms with Gasteiger partial charge in [-0.1, -0.05) is 97.3 Å². The van der Waals surface area contributed by atoms with Crippen molar-refractivity contribution in [2.45, 2.75) is 135 Å². The molecule has 0 heterocycles. The van der Waals surface area contributed by atoms with Crippen molar-refractivity contribution in [3.8, 4) is 0 Å².